The molecule has 3 aromatic rings. The molecule has 3 rings (SSSR count). The molecule has 0 radical (unpaired) electrons. The number of benzene rings is 2. The van der Waals surface area contributed by atoms with Gasteiger partial charge in [0.25, 0.3) is 0 Å². The van der Waals surface area contributed by atoms with E-state index in [9.17, 15) is 14.0 Å². The monoisotopic (exact) mass is 341 g/mol. The van der Waals surface area contributed by atoms with Crippen molar-refractivity contribution < 1.29 is 13.6 Å². The van der Waals surface area contributed by atoms with E-state index in [-0.39, 0.29) is 12.4 Å². The number of rotatable bonds is 5. The summed E-state index contributed by atoms with van der Waals surface area (Å²) in [6, 6.07) is 12.8. The molecule has 0 fully saturated rings. The van der Waals surface area contributed by atoms with E-state index < -0.39 is 17.5 Å². The van der Waals surface area contributed by atoms with Crippen LogP contribution in [0.5, 0.6) is 0 Å². The fraction of sp³-hybridized carbons (Fsp3) is 0.167. The van der Waals surface area contributed by atoms with Crippen molar-refractivity contribution in [2.75, 3.05) is 5.32 Å². The Morgan fingerprint density at radius 1 is 1.16 bits per heavy atom. The van der Waals surface area contributed by atoms with Crippen molar-refractivity contribution >= 4 is 11.6 Å². The number of halogens is 1. The van der Waals surface area contributed by atoms with E-state index >= 15 is 0 Å². The number of carbonyl (C=O) groups is 1. The number of hydrogen-bond donors (Lipinski definition) is 1. The molecule has 0 aliphatic heterocycles. The summed E-state index contributed by atoms with van der Waals surface area (Å²) in [5.41, 5.74) is 2.25. The van der Waals surface area contributed by atoms with Crippen LogP contribution in [0.2, 0.25) is 0 Å². The number of nitrogens with zero attached hydrogens (tertiary/aromatic N) is 2. The first-order valence-electron chi connectivity index (χ1n) is 7.78. The van der Waals surface area contributed by atoms with Gasteiger partial charge in [-0.3, -0.25) is 4.79 Å². The van der Waals surface area contributed by atoms with E-state index in [2.05, 4.69) is 10.4 Å². The van der Waals surface area contributed by atoms with Crippen LogP contribution in [0.15, 0.2) is 57.7 Å². The lowest BCUT2D eigenvalue weighted by atomic mass is 10.1. The van der Waals surface area contributed by atoms with Crippen LogP contribution in [0, 0.1) is 5.82 Å². The lowest BCUT2D eigenvalue weighted by Gasteiger charge is -2.05. The van der Waals surface area contributed by atoms with Crippen LogP contribution < -0.4 is 11.1 Å². The standard InChI is InChI=1S/C18H16FN3O3/c1-2-12-3-9-15(10-4-12)20-16(23)11-22-18(24)25-17(21-22)13-5-7-14(19)8-6-13/h3-10H,2,11H2,1H3,(H,20,23). The Hall–Kier alpha value is -3.22. The maximum Gasteiger partial charge on any atom is 0.437 e. The molecule has 6 nitrogen and oxygen atoms in total. The summed E-state index contributed by atoms with van der Waals surface area (Å²) < 4.78 is 18.9. The quantitative estimate of drug-likeness (QED) is 0.774. The summed E-state index contributed by atoms with van der Waals surface area (Å²) in [7, 11) is 0. The third kappa shape index (κ3) is 4.00. The van der Waals surface area contributed by atoms with Gasteiger partial charge in [0, 0.05) is 11.3 Å². The summed E-state index contributed by atoms with van der Waals surface area (Å²) in [5.74, 6) is -1.52. The molecular weight excluding hydrogens is 325 g/mol. The van der Waals surface area contributed by atoms with Gasteiger partial charge < -0.3 is 9.73 Å². The molecule has 1 amide bonds. The lowest BCUT2D eigenvalue weighted by molar-refractivity contribution is -0.117. The van der Waals surface area contributed by atoms with E-state index in [0.717, 1.165) is 16.7 Å². The van der Waals surface area contributed by atoms with Crippen molar-refractivity contribution in [1.29, 1.82) is 0 Å². The second-order valence-corrected chi connectivity index (χ2v) is 5.44. The molecule has 2 aromatic carbocycles. The highest BCUT2D eigenvalue weighted by atomic mass is 19.1. The van der Waals surface area contributed by atoms with Crippen molar-refractivity contribution in [3.05, 3.63) is 70.5 Å². The van der Waals surface area contributed by atoms with Crippen LogP contribution in [0.1, 0.15) is 12.5 Å². The second kappa shape index (κ2) is 7.12. The average Bonchev–Trinajstić information content (AvgIpc) is 2.96. The highest BCUT2D eigenvalue weighted by molar-refractivity contribution is 5.90. The largest absolute Gasteiger partial charge is 0.437 e. The average molecular weight is 341 g/mol. The first-order chi connectivity index (χ1) is 12.0. The number of aromatic nitrogens is 2. The Morgan fingerprint density at radius 2 is 1.84 bits per heavy atom. The molecule has 1 heterocycles. The highest BCUT2D eigenvalue weighted by Gasteiger charge is 2.13. The summed E-state index contributed by atoms with van der Waals surface area (Å²) in [4.78, 5) is 23.9. The van der Waals surface area contributed by atoms with E-state index in [0.29, 0.717) is 11.3 Å². The zero-order valence-corrected chi connectivity index (χ0v) is 13.5. The zero-order chi connectivity index (χ0) is 17.8. The van der Waals surface area contributed by atoms with Gasteiger partial charge in [-0.1, -0.05) is 19.1 Å². The molecular formula is C18H16FN3O3. The van der Waals surface area contributed by atoms with Gasteiger partial charge in [0.15, 0.2) is 0 Å². The number of hydrogen-bond acceptors (Lipinski definition) is 4. The van der Waals surface area contributed by atoms with Gasteiger partial charge in [0.2, 0.25) is 11.8 Å². The molecule has 0 atom stereocenters. The number of anilines is 1. The smallest absolute Gasteiger partial charge is 0.388 e. The fourth-order valence-corrected chi connectivity index (χ4v) is 2.28. The van der Waals surface area contributed by atoms with Crippen molar-refractivity contribution in [3.63, 3.8) is 0 Å². The summed E-state index contributed by atoms with van der Waals surface area (Å²) in [5, 5.41) is 6.67. The Morgan fingerprint density at radius 3 is 2.48 bits per heavy atom. The molecule has 0 saturated carbocycles. The van der Waals surface area contributed by atoms with Crippen molar-refractivity contribution in [2.24, 2.45) is 0 Å². The first-order valence-corrected chi connectivity index (χ1v) is 7.78. The van der Waals surface area contributed by atoms with Gasteiger partial charge >= 0.3 is 5.76 Å². The first kappa shape index (κ1) is 16.6. The SMILES string of the molecule is CCc1ccc(NC(=O)Cn2nc(-c3ccc(F)cc3)oc2=O)cc1. The van der Waals surface area contributed by atoms with Gasteiger partial charge in [-0.05, 0) is 48.4 Å². The third-order valence-electron chi connectivity index (χ3n) is 3.64. The van der Waals surface area contributed by atoms with Crippen LogP contribution in [-0.2, 0) is 17.8 Å². The molecule has 0 aliphatic rings. The minimum atomic E-state index is -0.754. The molecule has 0 bridgehead atoms. The topological polar surface area (TPSA) is 77.1 Å². The second-order valence-electron chi connectivity index (χ2n) is 5.44. The van der Waals surface area contributed by atoms with Crippen LogP contribution in [0.25, 0.3) is 11.5 Å². The predicted octanol–water partition coefficient (Wildman–Crippen LogP) is 2.84. The molecule has 0 aliphatic carbocycles. The molecule has 1 N–H and O–H groups in total. The van der Waals surface area contributed by atoms with Crippen molar-refractivity contribution in [3.8, 4) is 11.5 Å². The minimum absolute atomic E-state index is 0.0325. The van der Waals surface area contributed by atoms with Crippen LogP contribution in [0.3, 0.4) is 0 Å². The van der Waals surface area contributed by atoms with Crippen LogP contribution in [0.4, 0.5) is 10.1 Å². The van der Waals surface area contributed by atoms with Gasteiger partial charge in [-0.25, -0.2) is 9.18 Å². The van der Waals surface area contributed by atoms with Crippen LogP contribution in [-0.4, -0.2) is 15.7 Å². The van der Waals surface area contributed by atoms with E-state index in [1.54, 1.807) is 12.1 Å². The number of carbonyl (C=O) groups excluding carboxylic acids is 1. The molecule has 0 saturated heterocycles. The lowest BCUT2D eigenvalue weighted by Crippen LogP contribution is -2.25. The van der Waals surface area contributed by atoms with Crippen LogP contribution >= 0.6 is 0 Å². The van der Waals surface area contributed by atoms with Crippen molar-refractivity contribution in [1.82, 2.24) is 9.78 Å². The molecule has 0 spiro atoms. The third-order valence-corrected chi connectivity index (χ3v) is 3.64. The Bertz CT molecular complexity index is 927. The Kier molecular flexibility index (Phi) is 4.74. The fourth-order valence-electron chi connectivity index (χ4n) is 2.28. The number of amides is 1. The number of aryl methyl sites for hydroxylation is 1. The van der Waals surface area contributed by atoms with E-state index in [1.807, 2.05) is 19.1 Å². The van der Waals surface area contributed by atoms with Gasteiger partial charge in [0.1, 0.15) is 12.4 Å². The maximum absolute atomic E-state index is 12.9. The van der Waals surface area contributed by atoms with Gasteiger partial charge in [-0.15, -0.1) is 5.10 Å². The highest BCUT2D eigenvalue weighted by Crippen LogP contribution is 2.15. The Balaban J connectivity index is 1.70. The zero-order valence-electron chi connectivity index (χ0n) is 13.5. The Labute approximate surface area is 142 Å². The van der Waals surface area contributed by atoms with Gasteiger partial charge in [-0.2, -0.15) is 4.68 Å². The molecule has 25 heavy (non-hydrogen) atoms. The van der Waals surface area contributed by atoms with E-state index in [4.69, 9.17) is 4.42 Å². The molecule has 7 heteroatoms. The number of nitrogens with one attached hydrogen (secondary N) is 1. The molecule has 0 unspecified atom stereocenters. The minimum Gasteiger partial charge on any atom is -0.388 e. The van der Waals surface area contributed by atoms with Gasteiger partial charge in [0.05, 0.1) is 0 Å². The maximum atomic E-state index is 12.9. The normalized spacial score (nSPS) is 10.6. The van der Waals surface area contributed by atoms with E-state index in [1.165, 1.54) is 24.3 Å². The summed E-state index contributed by atoms with van der Waals surface area (Å²) >= 11 is 0. The summed E-state index contributed by atoms with van der Waals surface area (Å²) in [6.07, 6.45) is 0.911. The summed E-state index contributed by atoms with van der Waals surface area (Å²) in [6.45, 7) is 1.77. The molecule has 128 valence electrons. The predicted molar refractivity (Wildman–Crippen MR) is 90.6 cm³/mol. The van der Waals surface area contributed by atoms with Crippen molar-refractivity contribution in [2.45, 2.75) is 19.9 Å². The molecule has 1 aromatic heterocycles.